The molecular weight excluding hydrogens is 503 g/mol. The van der Waals surface area contributed by atoms with Crippen molar-refractivity contribution < 1.29 is 17.6 Å². The zero-order chi connectivity index (χ0) is 26.5. The summed E-state index contributed by atoms with van der Waals surface area (Å²) in [5.74, 6) is -0.530. The Morgan fingerprint density at radius 2 is 1.89 bits per heavy atom. The maximum absolute atomic E-state index is 14.2. The molecule has 192 valence electrons. The normalized spacial score (nSPS) is 20.8. The highest BCUT2D eigenvalue weighted by atomic mass is 32.2. The summed E-state index contributed by atoms with van der Waals surface area (Å²) in [6.07, 6.45) is 7.99. The molecule has 3 heterocycles. The van der Waals surface area contributed by atoms with Crippen LogP contribution in [0.25, 0.3) is 11.8 Å². The topological polar surface area (TPSA) is 94.8 Å². The molecule has 0 radical (unpaired) electrons. The van der Waals surface area contributed by atoms with Gasteiger partial charge in [-0.15, -0.1) is 0 Å². The number of rotatable bonds is 5. The highest BCUT2D eigenvalue weighted by Crippen LogP contribution is 2.51. The van der Waals surface area contributed by atoms with Crippen LogP contribution in [0.4, 0.5) is 4.39 Å². The lowest BCUT2D eigenvalue weighted by molar-refractivity contribution is 0.0796. The molecule has 0 bridgehead atoms. The molecule has 3 aromatic heterocycles. The Morgan fingerprint density at radius 1 is 1.08 bits per heavy atom. The number of ketones is 1. The molecule has 0 N–H and O–H groups in total. The Hall–Kier alpha value is -3.98. The van der Waals surface area contributed by atoms with Crippen molar-refractivity contribution in [3.8, 4) is 5.69 Å². The van der Waals surface area contributed by atoms with E-state index in [-0.39, 0.29) is 23.0 Å². The van der Waals surface area contributed by atoms with Gasteiger partial charge in [-0.1, -0.05) is 11.6 Å². The Bertz CT molecular complexity index is 1680. The standard InChI is InChI=1S/C29H25FN4O3S/c1-19-11-13-32-27(14-19)38(36,37)24-10-5-21-15-26-20(18-33-34(26)23-8-6-22(30)7-9-23)16-29(21,17-24)28(35)25-4-2-3-12-31-25/h2-4,6-9,11-15,18,24H,5,10,16-17H2,1H3/t24-,29-/m0/s1. The molecule has 2 atom stereocenters. The number of carbonyl (C=O) groups excluding carboxylic acids is 1. The van der Waals surface area contributed by atoms with Gasteiger partial charge in [0.05, 0.1) is 28.2 Å². The molecule has 1 fully saturated rings. The second kappa shape index (κ2) is 9.09. The van der Waals surface area contributed by atoms with Crippen molar-refractivity contribution in [3.63, 3.8) is 0 Å². The zero-order valence-corrected chi connectivity index (χ0v) is 21.5. The van der Waals surface area contributed by atoms with Crippen molar-refractivity contribution in [1.82, 2.24) is 19.7 Å². The highest BCUT2D eigenvalue weighted by molar-refractivity contribution is 7.92. The van der Waals surface area contributed by atoms with Gasteiger partial charge >= 0.3 is 0 Å². The smallest absolute Gasteiger partial charge is 0.198 e. The third kappa shape index (κ3) is 3.98. The summed E-state index contributed by atoms with van der Waals surface area (Å²) in [6, 6.07) is 14.6. The minimum absolute atomic E-state index is 0.0380. The van der Waals surface area contributed by atoms with Crippen molar-refractivity contribution >= 4 is 21.7 Å². The first-order valence-corrected chi connectivity index (χ1v) is 14.0. The Balaban J connectivity index is 1.45. The van der Waals surface area contributed by atoms with E-state index >= 15 is 0 Å². The minimum Gasteiger partial charge on any atom is -0.291 e. The summed E-state index contributed by atoms with van der Waals surface area (Å²) in [4.78, 5) is 22.6. The lowest BCUT2D eigenvalue weighted by atomic mass is 9.61. The van der Waals surface area contributed by atoms with Crippen LogP contribution < -0.4 is 0 Å². The van der Waals surface area contributed by atoms with Gasteiger partial charge in [0.2, 0.25) is 0 Å². The van der Waals surface area contributed by atoms with E-state index in [1.165, 1.54) is 18.3 Å². The van der Waals surface area contributed by atoms with E-state index in [2.05, 4.69) is 15.1 Å². The van der Waals surface area contributed by atoms with Crippen molar-refractivity contribution in [1.29, 1.82) is 0 Å². The summed E-state index contributed by atoms with van der Waals surface area (Å²) in [6.45, 7) is 1.83. The third-order valence-corrected chi connectivity index (χ3v) is 9.73. The molecule has 38 heavy (non-hydrogen) atoms. The van der Waals surface area contributed by atoms with E-state index in [4.69, 9.17) is 0 Å². The molecule has 4 aromatic rings. The average Bonchev–Trinajstić information content (AvgIpc) is 3.34. The first-order chi connectivity index (χ1) is 18.3. The number of halogens is 1. The van der Waals surface area contributed by atoms with Crippen LogP contribution in [-0.2, 0) is 16.3 Å². The number of pyridine rings is 2. The van der Waals surface area contributed by atoms with Crippen LogP contribution in [0.2, 0.25) is 0 Å². The van der Waals surface area contributed by atoms with Crippen molar-refractivity contribution in [2.24, 2.45) is 5.41 Å². The van der Waals surface area contributed by atoms with Gasteiger partial charge in [-0.25, -0.2) is 22.5 Å². The van der Waals surface area contributed by atoms with Crippen molar-refractivity contribution in [3.05, 3.63) is 107 Å². The zero-order valence-electron chi connectivity index (χ0n) is 20.7. The molecule has 0 saturated heterocycles. The van der Waals surface area contributed by atoms with Crippen LogP contribution in [0.15, 0.2) is 83.8 Å². The quantitative estimate of drug-likeness (QED) is 0.341. The number of Topliss-reactive ketones (excluding diaryl/α,β-unsaturated/α-hetero) is 1. The van der Waals surface area contributed by atoms with Crippen molar-refractivity contribution in [2.45, 2.75) is 42.9 Å². The van der Waals surface area contributed by atoms with Gasteiger partial charge in [0, 0.05) is 12.4 Å². The summed E-state index contributed by atoms with van der Waals surface area (Å²) < 4.78 is 42.7. The van der Waals surface area contributed by atoms with Crippen LogP contribution in [0.5, 0.6) is 0 Å². The second-order valence-corrected chi connectivity index (χ2v) is 12.2. The molecule has 1 saturated carbocycles. The van der Waals surface area contributed by atoms with Crippen LogP contribution in [-0.4, -0.2) is 39.2 Å². The molecule has 7 nitrogen and oxygen atoms in total. The number of nitrogens with zero attached hydrogens (tertiary/aromatic N) is 4. The van der Waals surface area contributed by atoms with Gasteiger partial charge in [0.15, 0.2) is 20.6 Å². The lowest BCUT2D eigenvalue weighted by Gasteiger charge is -2.43. The molecule has 0 unspecified atom stereocenters. The molecule has 0 aliphatic heterocycles. The molecule has 6 rings (SSSR count). The second-order valence-electron chi connectivity index (χ2n) is 10.00. The average molecular weight is 529 g/mol. The van der Waals surface area contributed by atoms with Crippen molar-refractivity contribution in [2.75, 3.05) is 0 Å². The number of benzene rings is 1. The van der Waals surface area contributed by atoms with Gasteiger partial charge in [0.1, 0.15) is 11.5 Å². The van der Waals surface area contributed by atoms with Gasteiger partial charge in [-0.2, -0.15) is 5.10 Å². The summed E-state index contributed by atoms with van der Waals surface area (Å²) in [5, 5.41) is 3.81. The van der Waals surface area contributed by atoms with E-state index in [0.29, 0.717) is 30.6 Å². The fraction of sp³-hybridized carbons (Fsp3) is 0.241. The number of allylic oxidation sites excluding steroid dienone is 1. The molecule has 0 spiro atoms. The molecule has 2 aliphatic carbocycles. The Labute approximate surface area is 220 Å². The molecular formula is C29H25FN4O3S. The first kappa shape index (κ1) is 24.4. The van der Waals surface area contributed by atoms with Crippen LogP contribution in [0.1, 0.15) is 46.6 Å². The predicted octanol–water partition coefficient (Wildman–Crippen LogP) is 4.95. The fourth-order valence-electron chi connectivity index (χ4n) is 5.69. The van der Waals surface area contributed by atoms with Crippen LogP contribution >= 0.6 is 0 Å². The first-order valence-electron chi connectivity index (χ1n) is 12.4. The van der Waals surface area contributed by atoms with Gasteiger partial charge in [-0.05, 0) is 98.3 Å². The highest BCUT2D eigenvalue weighted by Gasteiger charge is 2.52. The van der Waals surface area contributed by atoms with Gasteiger partial charge in [0.25, 0.3) is 0 Å². The maximum atomic E-state index is 14.2. The summed E-state index contributed by atoms with van der Waals surface area (Å²) in [5.41, 5.74) is 3.26. The van der Waals surface area contributed by atoms with E-state index in [1.54, 1.807) is 59.5 Å². The SMILES string of the molecule is Cc1ccnc(S(=O)(=O)[C@H]2CCC3=Cc4c(cnn4-c4ccc(F)cc4)C[C@]3(C(=O)c3ccccn3)C2)c1. The van der Waals surface area contributed by atoms with E-state index in [0.717, 1.165) is 22.4 Å². The molecule has 0 amide bonds. The van der Waals surface area contributed by atoms with Gasteiger partial charge in [-0.3, -0.25) is 9.78 Å². The van der Waals surface area contributed by atoms with Gasteiger partial charge < -0.3 is 0 Å². The number of carbonyl (C=O) groups is 1. The fourth-order valence-corrected chi connectivity index (χ4v) is 7.53. The maximum Gasteiger partial charge on any atom is 0.198 e. The largest absolute Gasteiger partial charge is 0.291 e. The number of aryl methyl sites for hydroxylation is 1. The number of fused-ring (bicyclic) bond motifs is 2. The minimum atomic E-state index is -3.78. The number of sulfone groups is 1. The Morgan fingerprint density at radius 3 is 2.63 bits per heavy atom. The lowest BCUT2D eigenvalue weighted by Crippen LogP contribution is -2.46. The van der Waals surface area contributed by atoms with E-state index in [9.17, 15) is 17.6 Å². The van der Waals surface area contributed by atoms with Crippen LogP contribution in [0.3, 0.4) is 0 Å². The molecule has 1 aromatic carbocycles. The van der Waals surface area contributed by atoms with Crippen LogP contribution in [0, 0.1) is 18.2 Å². The third-order valence-electron chi connectivity index (χ3n) is 7.64. The number of aromatic nitrogens is 4. The Kier molecular flexibility index (Phi) is 5.83. The molecule has 9 heteroatoms. The summed E-state index contributed by atoms with van der Waals surface area (Å²) in [7, 11) is -3.78. The molecule has 2 aliphatic rings. The van der Waals surface area contributed by atoms with E-state index < -0.39 is 20.5 Å². The number of hydrogen-bond acceptors (Lipinski definition) is 6. The monoisotopic (exact) mass is 528 g/mol. The van der Waals surface area contributed by atoms with E-state index in [1.807, 2.05) is 13.0 Å². The number of hydrogen-bond donors (Lipinski definition) is 0. The summed E-state index contributed by atoms with van der Waals surface area (Å²) >= 11 is 0. The predicted molar refractivity (Wildman–Crippen MR) is 140 cm³/mol.